The van der Waals surface area contributed by atoms with Crippen molar-refractivity contribution < 1.29 is 4.79 Å². The van der Waals surface area contributed by atoms with Crippen molar-refractivity contribution in [3.8, 4) is 0 Å². The third kappa shape index (κ3) is 4.14. The van der Waals surface area contributed by atoms with Gasteiger partial charge in [0.2, 0.25) is 5.91 Å². The van der Waals surface area contributed by atoms with E-state index in [9.17, 15) is 9.59 Å². The Morgan fingerprint density at radius 3 is 2.69 bits per heavy atom. The van der Waals surface area contributed by atoms with Crippen LogP contribution < -0.4 is 10.9 Å². The van der Waals surface area contributed by atoms with Gasteiger partial charge in [-0.3, -0.25) is 14.2 Å². The number of rotatable bonds is 6. The van der Waals surface area contributed by atoms with Gasteiger partial charge in [-0.05, 0) is 35.1 Å². The van der Waals surface area contributed by atoms with E-state index in [4.69, 9.17) is 11.6 Å². The molecule has 0 aliphatic rings. The van der Waals surface area contributed by atoms with E-state index in [-0.39, 0.29) is 29.8 Å². The summed E-state index contributed by atoms with van der Waals surface area (Å²) in [6, 6.07) is 9.15. The lowest BCUT2D eigenvalue weighted by Gasteiger charge is -2.23. The van der Waals surface area contributed by atoms with Gasteiger partial charge in [0.05, 0.1) is 17.8 Å². The number of thiophene rings is 1. The van der Waals surface area contributed by atoms with Gasteiger partial charge in [-0.1, -0.05) is 37.6 Å². The highest BCUT2D eigenvalue weighted by Gasteiger charge is 2.18. The Morgan fingerprint density at radius 1 is 1.27 bits per heavy atom. The van der Waals surface area contributed by atoms with Gasteiger partial charge < -0.3 is 5.32 Å². The van der Waals surface area contributed by atoms with Crippen LogP contribution in [-0.2, 0) is 11.3 Å². The summed E-state index contributed by atoms with van der Waals surface area (Å²) >= 11 is 7.37. The molecule has 1 amide bonds. The standard InChI is InChI=1S/C19H20ClN3O2S/c1-12(2)17(13-3-5-14(20)6-4-13)22-16(24)7-9-23-11-21-18-15(19(23)25)8-10-26-18/h3-6,8,10-12,17H,7,9H2,1-2H3,(H,22,24)/t17-/m1/s1. The molecule has 0 fully saturated rings. The predicted octanol–water partition coefficient (Wildman–Crippen LogP) is 4.02. The lowest BCUT2D eigenvalue weighted by molar-refractivity contribution is -0.122. The molecule has 2 aromatic heterocycles. The van der Waals surface area contributed by atoms with Gasteiger partial charge in [0.15, 0.2) is 0 Å². The van der Waals surface area contributed by atoms with Crippen molar-refractivity contribution >= 4 is 39.1 Å². The van der Waals surface area contributed by atoms with Crippen LogP contribution in [0.1, 0.15) is 31.9 Å². The van der Waals surface area contributed by atoms with E-state index in [2.05, 4.69) is 24.1 Å². The fourth-order valence-electron chi connectivity index (χ4n) is 2.83. The molecular weight excluding hydrogens is 370 g/mol. The molecule has 0 aliphatic heterocycles. The summed E-state index contributed by atoms with van der Waals surface area (Å²) in [5, 5.41) is 6.16. The molecule has 26 heavy (non-hydrogen) atoms. The number of aromatic nitrogens is 2. The molecule has 1 N–H and O–H groups in total. The minimum absolute atomic E-state index is 0.101. The Morgan fingerprint density at radius 2 is 2.00 bits per heavy atom. The van der Waals surface area contributed by atoms with Gasteiger partial charge >= 0.3 is 0 Å². The zero-order valence-corrected chi connectivity index (χ0v) is 16.2. The maximum Gasteiger partial charge on any atom is 0.262 e. The Bertz CT molecular complexity index is 963. The SMILES string of the molecule is CC(C)[C@@H](NC(=O)CCn1cnc2sccc2c1=O)c1ccc(Cl)cc1. The first-order valence-corrected chi connectivity index (χ1v) is 9.69. The summed E-state index contributed by atoms with van der Waals surface area (Å²) in [7, 11) is 0. The number of halogens is 1. The molecule has 3 rings (SSSR count). The molecule has 3 aromatic rings. The van der Waals surface area contributed by atoms with Crippen LogP contribution in [0.4, 0.5) is 0 Å². The van der Waals surface area contributed by atoms with Crippen LogP contribution in [0.25, 0.3) is 10.2 Å². The van der Waals surface area contributed by atoms with Crippen LogP contribution in [-0.4, -0.2) is 15.5 Å². The second-order valence-electron chi connectivity index (χ2n) is 6.47. The van der Waals surface area contributed by atoms with E-state index in [1.165, 1.54) is 22.2 Å². The molecule has 2 heterocycles. The van der Waals surface area contributed by atoms with Crippen LogP contribution in [0.2, 0.25) is 5.02 Å². The second-order valence-corrected chi connectivity index (χ2v) is 7.80. The number of carbonyl (C=O) groups is 1. The predicted molar refractivity (Wildman–Crippen MR) is 106 cm³/mol. The van der Waals surface area contributed by atoms with Crippen molar-refractivity contribution in [1.82, 2.24) is 14.9 Å². The summed E-state index contributed by atoms with van der Waals surface area (Å²) in [6.45, 7) is 4.41. The van der Waals surface area contributed by atoms with Crippen molar-refractivity contribution in [3.05, 3.63) is 63.0 Å². The van der Waals surface area contributed by atoms with Crippen LogP contribution in [0.5, 0.6) is 0 Å². The first kappa shape index (κ1) is 18.6. The first-order valence-electron chi connectivity index (χ1n) is 8.43. The van der Waals surface area contributed by atoms with E-state index < -0.39 is 0 Å². The molecule has 5 nitrogen and oxygen atoms in total. The number of benzene rings is 1. The smallest absolute Gasteiger partial charge is 0.262 e. The van der Waals surface area contributed by atoms with Crippen molar-refractivity contribution in [3.63, 3.8) is 0 Å². The molecule has 0 spiro atoms. The zero-order chi connectivity index (χ0) is 18.7. The molecule has 0 saturated carbocycles. The zero-order valence-electron chi connectivity index (χ0n) is 14.6. The quantitative estimate of drug-likeness (QED) is 0.692. The number of amides is 1. The van der Waals surface area contributed by atoms with E-state index >= 15 is 0 Å². The highest BCUT2D eigenvalue weighted by atomic mass is 35.5. The fourth-order valence-corrected chi connectivity index (χ4v) is 3.67. The van der Waals surface area contributed by atoms with E-state index in [1.807, 2.05) is 29.6 Å². The van der Waals surface area contributed by atoms with Crippen LogP contribution in [0, 0.1) is 5.92 Å². The number of fused-ring (bicyclic) bond motifs is 1. The molecule has 1 atom stereocenters. The average Bonchev–Trinajstić information content (AvgIpc) is 3.09. The molecular formula is C19H20ClN3O2S. The monoisotopic (exact) mass is 389 g/mol. The number of hydrogen-bond acceptors (Lipinski definition) is 4. The third-order valence-electron chi connectivity index (χ3n) is 4.24. The van der Waals surface area contributed by atoms with Crippen molar-refractivity contribution in [2.75, 3.05) is 0 Å². The van der Waals surface area contributed by atoms with Gasteiger partial charge in [0.1, 0.15) is 4.83 Å². The lowest BCUT2D eigenvalue weighted by Crippen LogP contribution is -2.33. The summed E-state index contributed by atoms with van der Waals surface area (Å²) in [5.41, 5.74) is 0.901. The Kier molecular flexibility index (Phi) is 5.74. The normalized spacial score (nSPS) is 12.5. The first-order chi connectivity index (χ1) is 12.5. The second kappa shape index (κ2) is 8.01. The van der Waals surface area contributed by atoms with E-state index in [0.29, 0.717) is 17.0 Å². The van der Waals surface area contributed by atoms with Gasteiger partial charge in [-0.2, -0.15) is 0 Å². The lowest BCUT2D eigenvalue weighted by atomic mass is 9.96. The Hall–Kier alpha value is -2.18. The number of aryl methyl sites for hydroxylation is 1. The van der Waals surface area contributed by atoms with E-state index in [1.54, 1.807) is 6.07 Å². The number of nitrogens with one attached hydrogen (secondary N) is 1. The van der Waals surface area contributed by atoms with Crippen LogP contribution in [0.3, 0.4) is 0 Å². The molecule has 0 radical (unpaired) electrons. The minimum Gasteiger partial charge on any atom is -0.349 e. The molecule has 0 bridgehead atoms. The van der Waals surface area contributed by atoms with E-state index in [0.717, 1.165) is 10.4 Å². The van der Waals surface area contributed by atoms with Crippen molar-refractivity contribution in [2.45, 2.75) is 32.9 Å². The maximum absolute atomic E-state index is 12.4. The number of hydrogen-bond donors (Lipinski definition) is 1. The highest BCUT2D eigenvalue weighted by molar-refractivity contribution is 7.16. The average molecular weight is 390 g/mol. The van der Waals surface area contributed by atoms with Gasteiger partial charge in [0.25, 0.3) is 5.56 Å². The van der Waals surface area contributed by atoms with Gasteiger partial charge in [-0.25, -0.2) is 4.98 Å². The molecule has 1 aromatic carbocycles. The fraction of sp³-hybridized carbons (Fsp3) is 0.316. The summed E-state index contributed by atoms with van der Waals surface area (Å²) in [5.74, 6) is 0.127. The number of carbonyl (C=O) groups excluding carboxylic acids is 1. The van der Waals surface area contributed by atoms with Gasteiger partial charge in [-0.15, -0.1) is 11.3 Å². The van der Waals surface area contributed by atoms with Crippen LogP contribution in [0.15, 0.2) is 46.8 Å². The van der Waals surface area contributed by atoms with Crippen molar-refractivity contribution in [1.29, 1.82) is 0 Å². The van der Waals surface area contributed by atoms with Gasteiger partial charge in [0, 0.05) is 18.0 Å². The molecule has 7 heteroatoms. The number of nitrogens with zero attached hydrogens (tertiary/aromatic N) is 2. The maximum atomic E-state index is 12.4. The minimum atomic E-state index is -0.109. The summed E-state index contributed by atoms with van der Waals surface area (Å²) in [6.07, 6.45) is 1.72. The Labute approximate surface area is 160 Å². The highest BCUT2D eigenvalue weighted by Crippen LogP contribution is 2.23. The summed E-state index contributed by atoms with van der Waals surface area (Å²) in [4.78, 5) is 29.8. The molecule has 136 valence electrons. The summed E-state index contributed by atoms with van der Waals surface area (Å²) < 4.78 is 1.49. The molecule has 0 aliphatic carbocycles. The largest absolute Gasteiger partial charge is 0.349 e. The molecule has 0 saturated heterocycles. The third-order valence-corrected chi connectivity index (χ3v) is 5.32. The van der Waals surface area contributed by atoms with Crippen molar-refractivity contribution in [2.24, 2.45) is 5.92 Å². The topological polar surface area (TPSA) is 64.0 Å². The Balaban J connectivity index is 1.67. The van der Waals surface area contributed by atoms with Crippen LogP contribution >= 0.6 is 22.9 Å². The molecule has 0 unspecified atom stereocenters.